The van der Waals surface area contributed by atoms with E-state index in [4.69, 9.17) is 0 Å². The number of thiophene rings is 1. The van der Waals surface area contributed by atoms with Crippen molar-refractivity contribution in [2.75, 3.05) is 5.32 Å². The van der Waals surface area contributed by atoms with E-state index in [-0.39, 0.29) is 5.91 Å². The largest absolute Gasteiger partial charge is 0.296 e. The number of thiazole rings is 1. The van der Waals surface area contributed by atoms with Crippen molar-refractivity contribution in [2.24, 2.45) is 0 Å². The van der Waals surface area contributed by atoms with Crippen LogP contribution in [-0.4, -0.2) is 21.1 Å². The van der Waals surface area contributed by atoms with Crippen LogP contribution in [0.5, 0.6) is 0 Å². The lowest BCUT2D eigenvalue weighted by Crippen LogP contribution is -2.11. The van der Waals surface area contributed by atoms with Crippen molar-refractivity contribution in [3.63, 3.8) is 0 Å². The Labute approximate surface area is 140 Å². The zero-order valence-corrected chi connectivity index (χ0v) is 14.6. The summed E-state index contributed by atoms with van der Waals surface area (Å²) in [6.07, 6.45) is 1.90. The van der Waals surface area contributed by atoms with Crippen molar-refractivity contribution in [1.82, 2.24) is 15.2 Å². The number of carbonyl (C=O) groups is 1. The predicted octanol–water partition coefficient (Wildman–Crippen LogP) is 4.24. The van der Waals surface area contributed by atoms with Crippen LogP contribution in [0.3, 0.4) is 0 Å². The summed E-state index contributed by atoms with van der Waals surface area (Å²) in [4.78, 5) is 18.6. The lowest BCUT2D eigenvalue weighted by Gasteiger charge is -1.97. The van der Waals surface area contributed by atoms with E-state index in [2.05, 4.69) is 27.4 Å². The highest BCUT2D eigenvalue weighted by Gasteiger charge is 2.18. The van der Waals surface area contributed by atoms with Gasteiger partial charge in [-0.25, -0.2) is 4.98 Å². The van der Waals surface area contributed by atoms with Crippen molar-refractivity contribution in [1.29, 1.82) is 0 Å². The summed E-state index contributed by atoms with van der Waals surface area (Å²) in [6, 6.07) is 3.99. The van der Waals surface area contributed by atoms with Gasteiger partial charge in [0.15, 0.2) is 0 Å². The van der Waals surface area contributed by atoms with E-state index in [0.717, 1.165) is 33.4 Å². The molecule has 0 saturated carbocycles. The number of rotatable bonds is 5. The van der Waals surface area contributed by atoms with E-state index in [0.29, 0.717) is 10.0 Å². The van der Waals surface area contributed by atoms with Gasteiger partial charge in [-0.3, -0.25) is 10.1 Å². The van der Waals surface area contributed by atoms with Crippen LogP contribution in [0.2, 0.25) is 0 Å². The molecular formula is C14H14N4OS3. The smallest absolute Gasteiger partial charge is 0.269 e. The highest BCUT2D eigenvalue weighted by atomic mass is 32.1. The second-order valence-corrected chi connectivity index (χ2v) is 7.62. The Bertz CT molecular complexity index is 776. The minimum absolute atomic E-state index is 0.169. The zero-order chi connectivity index (χ0) is 15.5. The van der Waals surface area contributed by atoms with Gasteiger partial charge in [-0.15, -0.1) is 32.9 Å². The molecule has 0 radical (unpaired) electrons. The Morgan fingerprint density at radius 1 is 1.32 bits per heavy atom. The summed E-state index contributed by atoms with van der Waals surface area (Å²) in [5, 5.41) is 15.3. The molecule has 3 heterocycles. The molecule has 0 unspecified atom stereocenters. The van der Waals surface area contributed by atoms with Crippen molar-refractivity contribution >= 4 is 45.0 Å². The van der Waals surface area contributed by atoms with Gasteiger partial charge in [0.1, 0.15) is 14.9 Å². The van der Waals surface area contributed by atoms with Crippen LogP contribution in [0.15, 0.2) is 17.5 Å². The highest BCUT2D eigenvalue weighted by Crippen LogP contribution is 2.31. The predicted molar refractivity (Wildman–Crippen MR) is 92.0 cm³/mol. The number of aryl methyl sites for hydroxylation is 2. The molecule has 0 aliphatic carbocycles. The highest BCUT2D eigenvalue weighted by molar-refractivity contribution is 7.22. The van der Waals surface area contributed by atoms with Crippen molar-refractivity contribution in [2.45, 2.75) is 26.7 Å². The molecule has 1 amide bonds. The fourth-order valence-corrected chi connectivity index (χ4v) is 4.48. The summed E-state index contributed by atoms with van der Waals surface area (Å²) >= 11 is 4.45. The summed E-state index contributed by atoms with van der Waals surface area (Å²) in [6.45, 7) is 3.94. The average Bonchev–Trinajstić information content (AvgIpc) is 3.19. The van der Waals surface area contributed by atoms with Crippen LogP contribution in [0.1, 0.15) is 33.7 Å². The first-order chi connectivity index (χ1) is 10.7. The number of amides is 1. The molecule has 0 atom stereocenters. The monoisotopic (exact) mass is 350 g/mol. The normalized spacial score (nSPS) is 10.8. The molecule has 3 aromatic rings. The first-order valence-electron chi connectivity index (χ1n) is 6.82. The first kappa shape index (κ1) is 15.3. The van der Waals surface area contributed by atoms with E-state index in [1.165, 1.54) is 22.7 Å². The molecule has 0 bridgehead atoms. The fraction of sp³-hybridized carbons (Fsp3) is 0.286. The molecule has 1 N–H and O–H groups in total. The summed E-state index contributed by atoms with van der Waals surface area (Å²) < 4.78 is 0. The number of carbonyl (C=O) groups excluding carboxylic acids is 1. The standard InChI is InChI=1S/C14H14N4OS3/c1-3-5-10-17-18-14(21-10)16-12(19)11-8(2)15-13(22-11)9-6-4-7-20-9/h4,6-7H,3,5H2,1-2H3,(H,16,18,19). The van der Waals surface area contributed by atoms with Crippen molar-refractivity contribution in [3.05, 3.63) is 33.1 Å². The maximum Gasteiger partial charge on any atom is 0.269 e. The van der Waals surface area contributed by atoms with Crippen LogP contribution in [-0.2, 0) is 6.42 Å². The summed E-state index contributed by atoms with van der Waals surface area (Å²) in [5.74, 6) is -0.169. The molecule has 0 spiro atoms. The van der Waals surface area contributed by atoms with Gasteiger partial charge >= 0.3 is 0 Å². The maximum atomic E-state index is 12.4. The molecular weight excluding hydrogens is 336 g/mol. The first-order valence-corrected chi connectivity index (χ1v) is 9.33. The number of aromatic nitrogens is 3. The van der Waals surface area contributed by atoms with E-state index in [9.17, 15) is 4.79 Å². The Hall–Kier alpha value is -1.64. The lowest BCUT2D eigenvalue weighted by atomic mass is 10.4. The van der Waals surface area contributed by atoms with E-state index >= 15 is 0 Å². The van der Waals surface area contributed by atoms with Crippen LogP contribution in [0.25, 0.3) is 9.88 Å². The Balaban J connectivity index is 1.77. The molecule has 0 aliphatic rings. The molecule has 5 nitrogen and oxygen atoms in total. The summed E-state index contributed by atoms with van der Waals surface area (Å²) in [5.41, 5.74) is 0.740. The SMILES string of the molecule is CCCc1nnc(NC(=O)c2sc(-c3cccs3)nc2C)s1. The quantitative estimate of drug-likeness (QED) is 0.747. The number of hydrogen-bond donors (Lipinski definition) is 1. The number of anilines is 1. The van der Waals surface area contributed by atoms with Gasteiger partial charge < -0.3 is 0 Å². The van der Waals surface area contributed by atoms with Gasteiger partial charge in [0.05, 0.1) is 10.6 Å². The minimum atomic E-state index is -0.169. The Kier molecular flexibility index (Phi) is 4.60. The molecule has 0 saturated heterocycles. The van der Waals surface area contributed by atoms with Crippen LogP contribution < -0.4 is 5.32 Å². The van der Waals surface area contributed by atoms with Crippen LogP contribution >= 0.6 is 34.0 Å². The molecule has 8 heteroatoms. The second-order valence-electron chi connectivity index (χ2n) is 4.62. The molecule has 3 rings (SSSR count). The summed E-state index contributed by atoms with van der Waals surface area (Å²) in [7, 11) is 0. The van der Waals surface area contributed by atoms with Crippen LogP contribution in [0.4, 0.5) is 5.13 Å². The maximum absolute atomic E-state index is 12.4. The molecule has 114 valence electrons. The molecule has 22 heavy (non-hydrogen) atoms. The third kappa shape index (κ3) is 3.23. The van der Waals surface area contributed by atoms with Gasteiger partial charge in [0, 0.05) is 6.42 Å². The number of nitrogens with zero attached hydrogens (tertiary/aromatic N) is 3. The fourth-order valence-electron chi connectivity index (χ4n) is 1.89. The third-order valence-electron chi connectivity index (χ3n) is 2.89. The Morgan fingerprint density at radius 3 is 2.91 bits per heavy atom. The lowest BCUT2D eigenvalue weighted by molar-refractivity contribution is 0.102. The minimum Gasteiger partial charge on any atom is -0.296 e. The zero-order valence-electron chi connectivity index (χ0n) is 12.1. The third-order valence-corrected chi connectivity index (χ3v) is 5.98. The molecule has 0 fully saturated rings. The van der Waals surface area contributed by atoms with Gasteiger partial charge in [0.25, 0.3) is 5.91 Å². The molecule has 0 aliphatic heterocycles. The Morgan fingerprint density at radius 2 is 2.18 bits per heavy atom. The second kappa shape index (κ2) is 6.64. The van der Waals surface area contributed by atoms with E-state index in [1.54, 1.807) is 11.3 Å². The van der Waals surface area contributed by atoms with Gasteiger partial charge in [-0.2, -0.15) is 0 Å². The topological polar surface area (TPSA) is 67.8 Å². The van der Waals surface area contributed by atoms with Crippen molar-refractivity contribution in [3.8, 4) is 9.88 Å². The molecule has 3 aromatic heterocycles. The van der Waals surface area contributed by atoms with Gasteiger partial charge in [0.2, 0.25) is 5.13 Å². The number of nitrogens with one attached hydrogen (secondary N) is 1. The van der Waals surface area contributed by atoms with Crippen molar-refractivity contribution < 1.29 is 4.79 Å². The van der Waals surface area contributed by atoms with E-state index < -0.39 is 0 Å². The van der Waals surface area contributed by atoms with E-state index in [1.807, 2.05) is 24.4 Å². The van der Waals surface area contributed by atoms with Crippen LogP contribution in [0, 0.1) is 6.92 Å². The van der Waals surface area contributed by atoms with Gasteiger partial charge in [-0.05, 0) is 24.8 Å². The van der Waals surface area contributed by atoms with Gasteiger partial charge in [-0.1, -0.05) is 24.3 Å². The number of hydrogen-bond acceptors (Lipinski definition) is 7. The molecule has 0 aromatic carbocycles. The average molecular weight is 350 g/mol.